The highest BCUT2D eigenvalue weighted by Crippen LogP contribution is 2.26. The molecular weight excluding hydrogens is 261 g/mol. The van der Waals surface area contributed by atoms with Crippen molar-refractivity contribution in [2.24, 2.45) is 0 Å². The average molecular weight is 277 g/mol. The predicted octanol–water partition coefficient (Wildman–Crippen LogP) is 3.49. The fourth-order valence-corrected chi connectivity index (χ4v) is 3.09. The second kappa shape index (κ2) is 5.57. The van der Waals surface area contributed by atoms with Crippen molar-refractivity contribution in [3.05, 3.63) is 41.2 Å². The molecule has 19 heavy (non-hydrogen) atoms. The minimum absolute atomic E-state index is 0.209. The predicted molar refractivity (Wildman–Crippen MR) is 77.3 cm³/mol. The summed E-state index contributed by atoms with van der Waals surface area (Å²) < 4.78 is 12.8. The van der Waals surface area contributed by atoms with Crippen molar-refractivity contribution in [2.75, 3.05) is 23.3 Å². The first kappa shape index (κ1) is 12.4. The fourth-order valence-electron chi connectivity index (χ4n) is 2.19. The van der Waals surface area contributed by atoms with Gasteiger partial charge in [-0.25, -0.2) is 9.37 Å². The van der Waals surface area contributed by atoms with E-state index in [2.05, 4.69) is 15.2 Å². The van der Waals surface area contributed by atoms with E-state index in [1.165, 1.54) is 29.9 Å². The molecule has 0 aliphatic carbocycles. The van der Waals surface area contributed by atoms with Crippen LogP contribution >= 0.6 is 11.3 Å². The standard InChI is InChI=1S/C14H16FN3S/c15-11-3-5-12(6-4-11)16-9-13-10-17-14(19-13)18-7-1-2-8-18/h3-6,10,16H,1-2,7-9H2. The van der Waals surface area contributed by atoms with Crippen molar-refractivity contribution in [2.45, 2.75) is 19.4 Å². The third kappa shape index (κ3) is 3.04. The summed E-state index contributed by atoms with van der Waals surface area (Å²) in [5.74, 6) is -0.209. The van der Waals surface area contributed by atoms with Crippen LogP contribution in [0.1, 0.15) is 17.7 Å². The van der Waals surface area contributed by atoms with E-state index in [1.54, 1.807) is 23.5 Å². The molecule has 5 heteroatoms. The minimum Gasteiger partial charge on any atom is -0.380 e. The quantitative estimate of drug-likeness (QED) is 0.927. The number of anilines is 2. The van der Waals surface area contributed by atoms with E-state index in [0.29, 0.717) is 0 Å². The van der Waals surface area contributed by atoms with Gasteiger partial charge in [0.2, 0.25) is 0 Å². The summed E-state index contributed by atoms with van der Waals surface area (Å²) in [6.45, 7) is 2.98. The van der Waals surface area contributed by atoms with Gasteiger partial charge in [-0.05, 0) is 37.1 Å². The number of halogens is 1. The molecule has 3 rings (SSSR count). The molecule has 1 fully saturated rings. The molecule has 0 saturated carbocycles. The van der Waals surface area contributed by atoms with Gasteiger partial charge in [0, 0.05) is 29.9 Å². The van der Waals surface area contributed by atoms with Gasteiger partial charge in [-0.3, -0.25) is 0 Å². The zero-order valence-electron chi connectivity index (χ0n) is 10.6. The van der Waals surface area contributed by atoms with Gasteiger partial charge in [0.25, 0.3) is 0 Å². The third-order valence-corrected chi connectivity index (χ3v) is 4.29. The van der Waals surface area contributed by atoms with Crippen LogP contribution in [-0.4, -0.2) is 18.1 Å². The molecule has 1 N–H and O–H groups in total. The fraction of sp³-hybridized carbons (Fsp3) is 0.357. The Labute approximate surface area is 116 Å². The lowest BCUT2D eigenvalue weighted by Gasteiger charge is -2.12. The highest BCUT2D eigenvalue weighted by molar-refractivity contribution is 7.15. The summed E-state index contributed by atoms with van der Waals surface area (Å²) in [5.41, 5.74) is 0.928. The number of rotatable bonds is 4. The van der Waals surface area contributed by atoms with Crippen molar-refractivity contribution in [1.82, 2.24) is 4.98 Å². The summed E-state index contributed by atoms with van der Waals surface area (Å²) in [5, 5.41) is 4.40. The Morgan fingerprint density at radius 1 is 1.21 bits per heavy atom. The number of hydrogen-bond donors (Lipinski definition) is 1. The normalized spacial score (nSPS) is 14.9. The average Bonchev–Trinajstić information content (AvgIpc) is 3.09. The summed E-state index contributed by atoms with van der Waals surface area (Å²) in [6.07, 6.45) is 4.46. The lowest BCUT2D eigenvalue weighted by Crippen LogP contribution is -2.16. The first-order valence-corrected chi connectivity index (χ1v) is 7.32. The highest BCUT2D eigenvalue weighted by Gasteiger charge is 2.15. The summed E-state index contributed by atoms with van der Waals surface area (Å²) in [4.78, 5) is 8.01. The van der Waals surface area contributed by atoms with E-state index in [4.69, 9.17) is 0 Å². The molecule has 100 valence electrons. The molecule has 0 amide bonds. The van der Waals surface area contributed by atoms with Crippen molar-refractivity contribution in [3.63, 3.8) is 0 Å². The lowest BCUT2D eigenvalue weighted by atomic mass is 10.3. The monoisotopic (exact) mass is 277 g/mol. The maximum absolute atomic E-state index is 12.8. The van der Waals surface area contributed by atoms with Gasteiger partial charge in [0.1, 0.15) is 5.82 Å². The van der Waals surface area contributed by atoms with Gasteiger partial charge in [0.05, 0.1) is 6.54 Å². The molecule has 0 spiro atoms. The van der Waals surface area contributed by atoms with Crippen LogP contribution in [0.4, 0.5) is 15.2 Å². The maximum atomic E-state index is 12.8. The van der Waals surface area contributed by atoms with Crippen LogP contribution < -0.4 is 10.2 Å². The van der Waals surface area contributed by atoms with E-state index < -0.39 is 0 Å². The van der Waals surface area contributed by atoms with Crippen molar-refractivity contribution in [3.8, 4) is 0 Å². The Morgan fingerprint density at radius 2 is 1.95 bits per heavy atom. The van der Waals surface area contributed by atoms with E-state index in [-0.39, 0.29) is 5.82 Å². The summed E-state index contributed by atoms with van der Waals surface area (Å²) >= 11 is 1.73. The Bertz CT molecular complexity index is 532. The smallest absolute Gasteiger partial charge is 0.185 e. The van der Waals surface area contributed by atoms with Gasteiger partial charge >= 0.3 is 0 Å². The van der Waals surface area contributed by atoms with Crippen molar-refractivity contribution < 1.29 is 4.39 Å². The molecule has 1 aromatic heterocycles. The van der Waals surface area contributed by atoms with E-state index in [1.807, 2.05) is 6.20 Å². The SMILES string of the molecule is Fc1ccc(NCc2cnc(N3CCCC3)s2)cc1. The second-order valence-electron chi connectivity index (χ2n) is 4.66. The van der Waals surface area contributed by atoms with Crippen molar-refractivity contribution in [1.29, 1.82) is 0 Å². The molecule has 1 saturated heterocycles. The molecule has 3 nitrogen and oxygen atoms in total. The van der Waals surface area contributed by atoms with Crippen LogP contribution in [0.25, 0.3) is 0 Å². The topological polar surface area (TPSA) is 28.2 Å². The summed E-state index contributed by atoms with van der Waals surface area (Å²) in [7, 11) is 0. The lowest BCUT2D eigenvalue weighted by molar-refractivity contribution is 0.628. The Morgan fingerprint density at radius 3 is 2.68 bits per heavy atom. The van der Waals surface area contributed by atoms with E-state index >= 15 is 0 Å². The Hall–Kier alpha value is -1.62. The minimum atomic E-state index is -0.209. The first-order chi connectivity index (χ1) is 9.31. The molecule has 0 atom stereocenters. The second-order valence-corrected chi connectivity index (χ2v) is 5.76. The molecule has 2 heterocycles. The number of nitrogens with one attached hydrogen (secondary N) is 1. The molecule has 1 aliphatic rings. The molecule has 0 radical (unpaired) electrons. The van der Waals surface area contributed by atoms with Crippen LogP contribution in [0.5, 0.6) is 0 Å². The maximum Gasteiger partial charge on any atom is 0.185 e. The van der Waals surface area contributed by atoms with Gasteiger partial charge in [-0.1, -0.05) is 0 Å². The zero-order chi connectivity index (χ0) is 13.1. The number of nitrogens with zero attached hydrogens (tertiary/aromatic N) is 2. The third-order valence-electron chi connectivity index (χ3n) is 3.23. The Balaban J connectivity index is 1.59. The van der Waals surface area contributed by atoms with Crippen LogP contribution in [0, 0.1) is 5.82 Å². The largest absolute Gasteiger partial charge is 0.380 e. The number of benzene rings is 1. The number of aromatic nitrogens is 1. The summed E-state index contributed by atoms with van der Waals surface area (Å²) in [6, 6.07) is 6.42. The molecule has 2 aromatic rings. The van der Waals surface area contributed by atoms with E-state index in [9.17, 15) is 4.39 Å². The molecule has 0 unspecified atom stereocenters. The van der Waals surface area contributed by atoms with Gasteiger partial charge in [0.15, 0.2) is 5.13 Å². The van der Waals surface area contributed by atoms with Crippen LogP contribution in [0.3, 0.4) is 0 Å². The molecule has 1 aliphatic heterocycles. The zero-order valence-corrected chi connectivity index (χ0v) is 11.4. The highest BCUT2D eigenvalue weighted by atomic mass is 32.1. The van der Waals surface area contributed by atoms with E-state index in [0.717, 1.165) is 30.5 Å². The van der Waals surface area contributed by atoms with Crippen molar-refractivity contribution >= 4 is 22.2 Å². The molecular formula is C14H16FN3S. The van der Waals surface area contributed by atoms with Crippen LogP contribution in [0.15, 0.2) is 30.5 Å². The molecule has 0 bridgehead atoms. The van der Waals surface area contributed by atoms with Gasteiger partial charge in [-0.2, -0.15) is 0 Å². The van der Waals surface area contributed by atoms with Crippen LogP contribution in [-0.2, 0) is 6.54 Å². The first-order valence-electron chi connectivity index (χ1n) is 6.50. The van der Waals surface area contributed by atoms with Crippen LogP contribution in [0.2, 0.25) is 0 Å². The number of hydrogen-bond acceptors (Lipinski definition) is 4. The molecule has 1 aromatic carbocycles. The van der Waals surface area contributed by atoms with Gasteiger partial charge in [-0.15, -0.1) is 11.3 Å². The van der Waals surface area contributed by atoms with Gasteiger partial charge < -0.3 is 10.2 Å². The Kier molecular flexibility index (Phi) is 3.64. The number of thiazole rings is 1.